The lowest BCUT2D eigenvalue weighted by Crippen LogP contribution is -2.30. The van der Waals surface area contributed by atoms with Crippen molar-refractivity contribution in [2.24, 2.45) is 0 Å². The highest BCUT2D eigenvalue weighted by molar-refractivity contribution is 7.47. The molecule has 3 atom stereocenters. The number of allylic oxidation sites excluding steroid dienone is 17. The molecule has 0 saturated carbocycles. The van der Waals surface area contributed by atoms with Crippen molar-refractivity contribution in [3.05, 3.63) is 109 Å². The molecule has 0 spiro atoms. The highest BCUT2D eigenvalue weighted by Gasteiger charge is 2.28. The maximum absolute atomic E-state index is 12.8. The average Bonchev–Trinajstić information content (AvgIpc) is 3.32. The smallest absolute Gasteiger partial charge is 0.462 e. The predicted octanol–water partition coefficient (Wildman–Crippen LogP) is 14.7. The molecule has 0 aromatic rings. The van der Waals surface area contributed by atoms with Crippen LogP contribution in [0.25, 0.3) is 0 Å². The predicted molar refractivity (Wildman–Crippen MR) is 279 cm³/mol. The molecule has 0 fully saturated rings. The highest BCUT2D eigenvalue weighted by Crippen LogP contribution is 2.43. The molecule has 0 heterocycles. The minimum Gasteiger partial charge on any atom is -0.462 e. The fourth-order valence-electron chi connectivity index (χ4n) is 6.39. The van der Waals surface area contributed by atoms with E-state index >= 15 is 0 Å². The number of phosphoric ester groups is 1. The number of ether oxygens (including phenoxy) is 3. The number of carbonyl (C=O) groups is 3. The molecule has 0 rings (SSSR count). The number of aliphatic hydroxyl groups excluding tert-OH is 1. The van der Waals surface area contributed by atoms with Crippen molar-refractivity contribution in [3.63, 3.8) is 0 Å². The van der Waals surface area contributed by atoms with Crippen molar-refractivity contribution in [2.45, 2.75) is 200 Å². The van der Waals surface area contributed by atoms with Gasteiger partial charge in [0, 0.05) is 12.8 Å². The molecule has 0 saturated heterocycles. The number of esters is 3. The molecule has 0 radical (unpaired) electrons. The van der Waals surface area contributed by atoms with Gasteiger partial charge >= 0.3 is 25.7 Å². The molecule has 0 bridgehead atoms. The molecule has 2 N–H and O–H groups in total. The number of aliphatic hydroxyl groups is 1. The van der Waals surface area contributed by atoms with Crippen LogP contribution < -0.4 is 0 Å². The molecule has 0 aliphatic heterocycles. The summed E-state index contributed by atoms with van der Waals surface area (Å²) in [5.74, 6) is -1.73. The Morgan fingerprint density at radius 2 is 0.824 bits per heavy atom. The molecule has 0 aliphatic carbocycles. The van der Waals surface area contributed by atoms with E-state index in [-0.39, 0.29) is 19.3 Å². The van der Waals surface area contributed by atoms with E-state index in [0.717, 1.165) is 70.6 Å². The lowest BCUT2D eigenvalue weighted by molar-refractivity contribution is -0.160. The third kappa shape index (κ3) is 47.2. The largest absolute Gasteiger partial charge is 0.472 e. The van der Waals surface area contributed by atoms with E-state index in [1.807, 2.05) is 30.4 Å². The minimum absolute atomic E-state index is 0.0814. The van der Waals surface area contributed by atoms with Crippen molar-refractivity contribution < 1.29 is 52.2 Å². The first kappa shape index (κ1) is 64.1. The number of carbonyl (C=O) groups excluding carboxylic acids is 3. The Balaban J connectivity index is 4.94. The molecular weight excluding hydrogens is 880 g/mol. The molecule has 3 unspecified atom stereocenters. The van der Waals surface area contributed by atoms with Crippen LogP contribution in [0, 0.1) is 0 Å². The van der Waals surface area contributed by atoms with Gasteiger partial charge < -0.3 is 24.2 Å². The Bertz CT molecular complexity index is 1550. The van der Waals surface area contributed by atoms with Gasteiger partial charge in [-0.15, -0.1) is 0 Å². The molecule has 0 aromatic heterocycles. The average molecular weight is 971 g/mol. The lowest BCUT2D eigenvalue weighted by atomic mass is 10.0. The molecule has 0 aliphatic rings. The van der Waals surface area contributed by atoms with Gasteiger partial charge in [0.05, 0.1) is 26.2 Å². The number of unbranched alkanes of at least 4 members (excludes halogenated alkanes) is 12. The Kier molecular flexibility index (Phi) is 46.7. The zero-order valence-electron chi connectivity index (χ0n) is 42.3. The minimum atomic E-state index is -4.78. The molecular formula is C56H91O11P. The summed E-state index contributed by atoms with van der Waals surface area (Å²) < 4.78 is 39.1. The SMILES string of the molecule is CC/C=C\C/C=C\C/C=C\C/C=C\C/C=C\CC(=O)OC(COC(=O)CC/C=C\C/C=C\C/C=C\C/C=C\CC)COP(=O)(O)OCC(CO)OC(=O)CCCCCCCCCCCCCCC. The summed E-state index contributed by atoms with van der Waals surface area (Å²) in [7, 11) is -4.78. The summed E-state index contributed by atoms with van der Waals surface area (Å²) in [6.07, 6.45) is 58.2. The molecule has 68 heavy (non-hydrogen) atoms. The van der Waals surface area contributed by atoms with Crippen LogP contribution in [0.1, 0.15) is 188 Å². The fraction of sp³-hybridized carbons (Fsp3) is 0.625. The van der Waals surface area contributed by atoms with Gasteiger partial charge in [0.2, 0.25) is 0 Å². The molecule has 0 amide bonds. The second kappa shape index (κ2) is 49.6. The van der Waals surface area contributed by atoms with Crippen molar-refractivity contribution in [2.75, 3.05) is 26.4 Å². The second-order valence-electron chi connectivity index (χ2n) is 16.6. The van der Waals surface area contributed by atoms with E-state index in [1.165, 1.54) is 57.8 Å². The van der Waals surface area contributed by atoms with Crippen LogP contribution >= 0.6 is 7.82 Å². The summed E-state index contributed by atoms with van der Waals surface area (Å²) >= 11 is 0. The van der Waals surface area contributed by atoms with Crippen molar-refractivity contribution in [1.29, 1.82) is 0 Å². The Hall–Kier alpha value is -3.86. The summed E-state index contributed by atoms with van der Waals surface area (Å²) in [6, 6.07) is 0. The molecule has 12 heteroatoms. The summed E-state index contributed by atoms with van der Waals surface area (Å²) in [5, 5.41) is 9.77. The molecule has 0 aromatic carbocycles. The topological polar surface area (TPSA) is 155 Å². The fourth-order valence-corrected chi connectivity index (χ4v) is 7.17. The van der Waals surface area contributed by atoms with E-state index < -0.39 is 64.4 Å². The monoisotopic (exact) mass is 971 g/mol. The maximum atomic E-state index is 12.8. The van der Waals surface area contributed by atoms with E-state index in [4.69, 9.17) is 23.3 Å². The van der Waals surface area contributed by atoms with E-state index in [2.05, 4.69) is 93.7 Å². The van der Waals surface area contributed by atoms with Gasteiger partial charge in [0.1, 0.15) is 12.7 Å². The van der Waals surface area contributed by atoms with Crippen molar-refractivity contribution >= 4 is 25.7 Å². The number of phosphoric acid groups is 1. The number of hydrogen-bond acceptors (Lipinski definition) is 10. The standard InChI is InChI=1S/C56H91O11P/c1-4-7-10-13-16-19-22-25-26-29-32-35-38-41-44-47-56(60)67-53(49-63-54(58)45-42-39-36-33-30-27-23-20-17-14-11-8-5-2)51-65-68(61,62)64-50-52(48-57)66-55(59)46-43-40-37-34-31-28-24-21-18-15-12-9-6-3/h7-8,10-11,16-17,19-20,25-27,30,32,35-36,39,41,44,52-53,57H,4-6,9,12-15,18,21-24,28-29,31,33-34,37-38,40,42-43,45-51H2,1-3H3,(H,61,62)/b10-7-,11-8-,19-16-,20-17-,26-25-,30-27-,35-32-,39-36-,44-41-. The third-order valence-electron chi connectivity index (χ3n) is 10.2. The van der Waals surface area contributed by atoms with Gasteiger partial charge in [0.25, 0.3) is 0 Å². The maximum Gasteiger partial charge on any atom is 0.472 e. The van der Waals surface area contributed by atoms with Gasteiger partial charge in [-0.05, 0) is 70.6 Å². The number of rotatable bonds is 46. The highest BCUT2D eigenvalue weighted by atomic mass is 31.2. The first-order valence-corrected chi connectivity index (χ1v) is 27.3. The van der Waals surface area contributed by atoms with Gasteiger partial charge in [-0.25, -0.2) is 4.57 Å². The summed E-state index contributed by atoms with van der Waals surface area (Å²) in [5.41, 5.74) is 0. The van der Waals surface area contributed by atoms with Crippen LogP contribution in [0.5, 0.6) is 0 Å². The molecule has 11 nitrogen and oxygen atoms in total. The van der Waals surface area contributed by atoms with Crippen LogP contribution in [0.4, 0.5) is 0 Å². The van der Waals surface area contributed by atoms with Gasteiger partial charge in [0.15, 0.2) is 6.10 Å². The van der Waals surface area contributed by atoms with Gasteiger partial charge in [-0.2, -0.15) is 0 Å². The van der Waals surface area contributed by atoms with Gasteiger partial charge in [-0.3, -0.25) is 23.4 Å². The quantitative estimate of drug-likeness (QED) is 0.0197. The Labute approximate surface area is 412 Å². The zero-order valence-corrected chi connectivity index (χ0v) is 43.2. The lowest BCUT2D eigenvalue weighted by Gasteiger charge is -2.21. The summed E-state index contributed by atoms with van der Waals surface area (Å²) in [4.78, 5) is 48.2. The van der Waals surface area contributed by atoms with E-state index in [1.54, 1.807) is 6.08 Å². The van der Waals surface area contributed by atoms with Crippen LogP contribution in [-0.2, 0) is 42.2 Å². The zero-order chi connectivity index (χ0) is 49.9. The normalized spacial score (nSPS) is 14.4. The first-order chi connectivity index (χ1) is 33.2. The van der Waals surface area contributed by atoms with Crippen LogP contribution in [0.15, 0.2) is 109 Å². The van der Waals surface area contributed by atoms with Crippen LogP contribution in [0.2, 0.25) is 0 Å². The first-order valence-electron chi connectivity index (χ1n) is 25.8. The van der Waals surface area contributed by atoms with Gasteiger partial charge in [-0.1, -0.05) is 207 Å². The van der Waals surface area contributed by atoms with E-state index in [0.29, 0.717) is 19.3 Å². The van der Waals surface area contributed by atoms with E-state index in [9.17, 15) is 28.9 Å². The van der Waals surface area contributed by atoms with Crippen molar-refractivity contribution in [3.8, 4) is 0 Å². The summed E-state index contributed by atoms with van der Waals surface area (Å²) in [6.45, 7) is 4.19. The third-order valence-corrected chi connectivity index (χ3v) is 11.2. The Morgan fingerprint density at radius 1 is 0.441 bits per heavy atom. The molecule has 386 valence electrons. The van der Waals surface area contributed by atoms with Crippen LogP contribution in [-0.4, -0.2) is 66.5 Å². The van der Waals surface area contributed by atoms with Crippen molar-refractivity contribution in [1.82, 2.24) is 0 Å². The Morgan fingerprint density at radius 3 is 1.26 bits per heavy atom. The van der Waals surface area contributed by atoms with Crippen LogP contribution in [0.3, 0.4) is 0 Å². The second-order valence-corrected chi connectivity index (χ2v) is 18.0. The number of hydrogen-bond donors (Lipinski definition) is 2.